The summed E-state index contributed by atoms with van der Waals surface area (Å²) in [7, 11) is 0. The van der Waals surface area contributed by atoms with Crippen LogP contribution in [0.1, 0.15) is 35.2 Å². The van der Waals surface area contributed by atoms with Crippen molar-refractivity contribution in [1.82, 2.24) is 19.8 Å². The second-order valence-corrected chi connectivity index (χ2v) is 8.67. The van der Waals surface area contributed by atoms with Gasteiger partial charge in [-0.3, -0.25) is 14.6 Å². The number of hydrogen-bond acceptors (Lipinski definition) is 3. The van der Waals surface area contributed by atoms with E-state index in [-0.39, 0.29) is 17.2 Å². The molecule has 154 valence electrons. The minimum atomic E-state index is 0.0198. The lowest BCUT2D eigenvalue weighted by molar-refractivity contribution is -0.129. The first-order chi connectivity index (χ1) is 14.6. The van der Waals surface area contributed by atoms with Crippen molar-refractivity contribution in [3.8, 4) is 0 Å². The minimum absolute atomic E-state index is 0.0198. The molecule has 3 aromatic rings. The standard InChI is InChI=1S/C24H26N4O2/c29-22(13-19-15-26-21-7-2-1-6-20(19)21)27-12-9-24(16-27)8-4-11-28(17-24)23(30)18-5-3-10-25-14-18/h1-3,5-7,10,14-15,26H,4,8-9,11-13,16-17H2. The van der Waals surface area contributed by atoms with E-state index in [0.29, 0.717) is 12.0 Å². The lowest BCUT2D eigenvalue weighted by Crippen LogP contribution is -2.47. The Hall–Kier alpha value is -3.15. The number of nitrogens with one attached hydrogen (secondary N) is 1. The van der Waals surface area contributed by atoms with Gasteiger partial charge in [-0.05, 0) is 43.0 Å². The van der Waals surface area contributed by atoms with E-state index in [4.69, 9.17) is 0 Å². The Balaban J connectivity index is 1.26. The summed E-state index contributed by atoms with van der Waals surface area (Å²) in [4.78, 5) is 37.2. The van der Waals surface area contributed by atoms with Crippen LogP contribution >= 0.6 is 0 Å². The number of likely N-dealkylation sites (tertiary alicyclic amines) is 2. The first kappa shape index (κ1) is 18.9. The molecule has 0 radical (unpaired) electrons. The zero-order valence-corrected chi connectivity index (χ0v) is 17.0. The normalized spacial score (nSPS) is 21.5. The number of benzene rings is 1. The van der Waals surface area contributed by atoms with Crippen molar-refractivity contribution in [3.05, 3.63) is 66.1 Å². The van der Waals surface area contributed by atoms with Crippen molar-refractivity contribution in [2.24, 2.45) is 5.41 Å². The van der Waals surface area contributed by atoms with Crippen molar-refractivity contribution in [2.75, 3.05) is 26.2 Å². The Kier molecular flexibility index (Phi) is 4.77. The number of pyridine rings is 1. The van der Waals surface area contributed by atoms with Crippen LogP contribution in [0.3, 0.4) is 0 Å². The van der Waals surface area contributed by atoms with Gasteiger partial charge in [0.1, 0.15) is 0 Å². The molecule has 1 atom stereocenters. The van der Waals surface area contributed by atoms with Gasteiger partial charge in [-0.2, -0.15) is 0 Å². The number of nitrogens with zero attached hydrogens (tertiary/aromatic N) is 3. The Morgan fingerprint density at radius 2 is 1.90 bits per heavy atom. The number of hydrogen-bond donors (Lipinski definition) is 1. The molecule has 2 saturated heterocycles. The van der Waals surface area contributed by atoms with Crippen molar-refractivity contribution in [2.45, 2.75) is 25.7 Å². The summed E-state index contributed by atoms with van der Waals surface area (Å²) in [5.41, 5.74) is 2.77. The summed E-state index contributed by atoms with van der Waals surface area (Å²) in [6.07, 6.45) is 8.69. The van der Waals surface area contributed by atoms with E-state index in [0.717, 1.165) is 61.9 Å². The van der Waals surface area contributed by atoms with Crippen molar-refractivity contribution < 1.29 is 9.59 Å². The SMILES string of the molecule is O=C(Cc1c[nH]c2ccccc12)N1CCC2(CCCN(C(=O)c3cccnc3)C2)C1. The van der Waals surface area contributed by atoms with E-state index in [2.05, 4.69) is 16.0 Å². The fraction of sp³-hybridized carbons (Fsp3) is 0.375. The molecule has 1 N–H and O–H groups in total. The molecule has 6 nitrogen and oxygen atoms in total. The van der Waals surface area contributed by atoms with Crippen LogP contribution in [0.25, 0.3) is 10.9 Å². The molecule has 0 saturated carbocycles. The molecule has 4 heterocycles. The number of para-hydroxylation sites is 1. The molecule has 1 aromatic carbocycles. The smallest absolute Gasteiger partial charge is 0.255 e. The summed E-state index contributed by atoms with van der Waals surface area (Å²) >= 11 is 0. The maximum Gasteiger partial charge on any atom is 0.255 e. The maximum atomic E-state index is 13.0. The number of piperidine rings is 1. The predicted octanol–water partition coefficient (Wildman–Crippen LogP) is 3.26. The monoisotopic (exact) mass is 402 g/mol. The van der Waals surface area contributed by atoms with E-state index < -0.39 is 0 Å². The predicted molar refractivity (Wildman–Crippen MR) is 115 cm³/mol. The molecular weight excluding hydrogens is 376 g/mol. The molecule has 2 aliphatic heterocycles. The number of H-pyrrole nitrogens is 1. The number of aromatic nitrogens is 2. The number of carbonyl (C=O) groups is 2. The Morgan fingerprint density at radius 1 is 1.03 bits per heavy atom. The van der Waals surface area contributed by atoms with Gasteiger partial charge in [0.25, 0.3) is 5.91 Å². The third-order valence-corrected chi connectivity index (χ3v) is 6.66. The summed E-state index contributed by atoms with van der Waals surface area (Å²) in [6, 6.07) is 11.7. The largest absolute Gasteiger partial charge is 0.361 e. The first-order valence-electron chi connectivity index (χ1n) is 10.7. The van der Waals surface area contributed by atoms with E-state index >= 15 is 0 Å². The second-order valence-electron chi connectivity index (χ2n) is 8.67. The maximum absolute atomic E-state index is 13.0. The van der Waals surface area contributed by atoms with Crippen LogP contribution in [0.4, 0.5) is 0 Å². The van der Waals surface area contributed by atoms with Crippen LogP contribution in [0, 0.1) is 5.41 Å². The van der Waals surface area contributed by atoms with E-state index in [9.17, 15) is 9.59 Å². The van der Waals surface area contributed by atoms with Crippen LogP contribution < -0.4 is 0 Å². The highest BCUT2D eigenvalue weighted by Gasteiger charge is 2.43. The number of fused-ring (bicyclic) bond motifs is 1. The summed E-state index contributed by atoms with van der Waals surface area (Å²) < 4.78 is 0. The van der Waals surface area contributed by atoms with Gasteiger partial charge in [0, 0.05) is 61.1 Å². The van der Waals surface area contributed by atoms with E-state index in [1.165, 1.54) is 0 Å². The van der Waals surface area contributed by atoms with Crippen LogP contribution in [0.5, 0.6) is 0 Å². The average Bonchev–Trinajstić information content (AvgIpc) is 3.38. The summed E-state index contributed by atoms with van der Waals surface area (Å²) in [6.45, 7) is 3.01. The zero-order chi connectivity index (χ0) is 20.6. The molecule has 1 unspecified atom stereocenters. The van der Waals surface area contributed by atoms with Crippen molar-refractivity contribution in [1.29, 1.82) is 0 Å². The number of rotatable bonds is 3. The molecule has 5 rings (SSSR count). The fourth-order valence-corrected chi connectivity index (χ4v) is 5.09. The summed E-state index contributed by atoms with van der Waals surface area (Å²) in [5, 5.41) is 1.12. The third-order valence-electron chi connectivity index (χ3n) is 6.66. The molecule has 0 bridgehead atoms. The molecule has 0 aliphatic carbocycles. The molecule has 2 aliphatic rings. The van der Waals surface area contributed by atoms with Gasteiger partial charge < -0.3 is 14.8 Å². The Bertz CT molecular complexity index is 1080. The highest BCUT2D eigenvalue weighted by Crippen LogP contribution is 2.39. The number of carbonyl (C=O) groups excluding carboxylic acids is 2. The van der Waals surface area contributed by atoms with Gasteiger partial charge in [-0.1, -0.05) is 18.2 Å². The van der Waals surface area contributed by atoms with Gasteiger partial charge in [0.05, 0.1) is 12.0 Å². The molecule has 30 heavy (non-hydrogen) atoms. The Morgan fingerprint density at radius 3 is 2.77 bits per heavy atom. The Labute approximate surface area is 175 Å². The van der Waals surface area contributed by atoms with E-state index in [1.807, 2.05) is 40.3 Å². The highest BCUT2D eigenvalue weighted by atomic mass is 16.2. The van der Waals surface area contributed by atoms with Crippen LogP contribution in [-0.2, 0) is 11.2 Å². The number of aromatic amines is 1. The molecule has 2 fully saturated rings. The molecule has 1 spiro atoms. The number of amides is 2. The third kappa shape index (κ3) is 3.47. The molecular formula is C24H26N4O2. The second kappa shape index (κ2) is 7.59. The quantitative estimate of drug-likeness (QED) is 0.731. The topological polar surface area (TPSA) is 69.3 Å². The molecule has 2 amide bonds. The average molecular weight is 402 g/mol. The molecule has 2 aromatic heterocycles. The lowest BCUT2D eigenvalue weighted by atomic mass is 9.79. The van der Waals surface area contributed by atoms with Crippen LogP contribution in [-0.4, -0.2) is 57.8 Å². The first-order valence-corrected chi connectivity index (χ1v) is 10.7. The fourth-order valence-electron chi connectivity index (χ4n) is 5.09. The minimum Gasteiger partial charge on any atom is -0.361 e. The van der Waals surface area contributed by atoms with Gasteiger partial charge in [0.15, 0.2) is 0 Å². The van der Waals surface area contributed by atoms with Gasteiger partial charge in [-0.25, -0.2) is 0 Å². The van der Waals surface area contributed by atoms with Gasteiger partial charge in [0.2, 0.25) is 5.91 Å². The van der Waals surface area contributed by atoms with Crippen molar-refractivity contribution in [3.63, 3.8) is 0 Å². The zero-order valence-electron chi connectivity index (χ0n) is 17.0. The summed E-state index contributed by atoms with van der Waals surface area (Å²) in [5.74, 6) is 0.220. The van der Waals surface area contributed by atoms with Crippen molar-refractivity contribution >= 4 is 22.7 Å². The van der Waals surface area contributed by atoms with Crippen LogP contribution in [0.2, 0.25) is 0 Å². The lowest BCUT2D eigenvalue weighted by Gasteiger charge is -2.40. The van der Waals surface area contributed by atoms with Gasteiger partial charge in [-0.15, -0.1) is 0 Å². The highest BCUT2D eigenvalue weighted by molar-refractivity contribution is 5.94. The van der Waals surface area contributed by atoms with E-state index in [1.54, 1.807) is 18.5 Å². The molecule has 6 heteroatoms. The van der Waals surface area contributed by atoms with Crippen LogP contribution in [0.15, 0.2) is 55.0 Å². The van der Waals surface area contributed by atoms with Gasteiger partial charge >= 0.3 is 0 Å².